The number of aromatic nitrogens is 2. The number of hydrogen-bond donors (Lipinski definition) is 0. The number of nitrogens with zero attached hydrogens (tertiary/aromatic N) is 2. The van der Waals surface area contributed by atoms with Crippen molar-refractivity contribution >= 4 is 0 Å². The van der Waals surface area contributed by atoms with Crippen LogP contribution in [0, 0.1) is 20.8 Å². The normalized spacial score (nSPS) is 10.8. The van der Waals surface area contributed by atoms with Gasteiger partial charge in [0.05, 0.1) is 0 Å². The van der Waals surface area contributed by atoms with Gasteiger partial charge in [0.15, 0.2) is 0 Å². The van der Waals surface area contributed by atoms with E-state index in [0.29, 0.717) is 0 Å². The molecule has 2 aromatic carbocycles. The monoisotopic (exact) mass is 277 g/mol. The lowest BCUT2D eigenvalue weighted by atomic mass is 10.00. The fourth-order valence-electron chi connectivity index (χ4n) is 2.88. The number of rotatable bonds is 3. The summed E-state index contributed by atoms with van der Waals surface area (Å²) < 4.78 is 4.39. The van der Waals surface area contributed by atoms with Crippen molar-refractivity contribution in [2.75, 3.05) is 0 Å². The average Bonchev–Trinajstić information content (AvgIpc) is 2.92. The molecule has 0 radical (unpaired) electrons. The Morgan fingerprint density at radius 1 is 0.952 bits per heavy atom. The van der Waals surface area contributed by atoms with Gasteiger partial charge in [-0.15, -0.1) is 0 Å². The van der Waals surface area contributed by atoms with Crippen molar-refractivity contribution in [1.82, 2.24) is 4.57 Å². The van der Waals surface area contributed by atoms with Gasteiger partial charge in [-0.1, -0.05) is 35.9 Å². The Morgan fingerprint density at radius 2 is 1.62 bits per heavy atom. The van der Waals surface area contributed by atoms with Gasteiger partial charge >= 0.3 is 0 Å². The molecule has 0 atom stereocenters. The summed E-state index contributed by atoms with van der Waals surface area (Å²) in [5, 5.41) is 0. The van der Waals surface area contributed by atoms with Crippen molar-refractivity contribution < 1.29 is 4.57 Å². The number of aryl methyl sites for hydroxylation is 3. The molecule has 3 aromatic rings. The van der Waals surface area contributed by atoms with E-state index in [4.69, 9.17) is 0 Å². The molecule has 1 heterocycles. The van der Waals surface area contributed by atoms with Crippen molar-refractivity contribution in [1.29, 1.82) is 0 Å². The zero-order valence-corrected chi connectivity index (χ0v) is 12.9. The SMILES string of the molecule is Cc1cc(C)c(C[n+]2ccn(-c3ccccc3)c2)c(C)c1. The van der Waals surface area contributed by atoms with Gasteiger partial charge < -0.3 is 0 Å². The highest BCUT2D eigenvalue weighted by molar-refractivity contribution is 5.37. The van der Waals surface area contributed by atoms with E-state index in [1.807, 2.05) is 6.07 Å². The zero-order chi connectivity index (χ0) is 14.8. The fraction of sp³-hybridized carbons (Fsp3) is 0.211. The molecule has 0 unspecified atom stereocenters. The highest BCUT2D eigenvalue weighted by atomic mass is 15.1. The highest BCUT2D eigenvalue weighted by Crippen LogP contribution is 2.16. The first-order valence-electron chi connectivity index (χ1n) is 7.32. The molecule has 0 saturated heterocycles. The molecular formula is C19H21N2+. The lowest BCUT2D eigenvalue weighted by Gasteiger charge is -2.09. The summed E-state index contributed by atoms with van der Waals surface area (Å²) in [6, 6.07) is 14.9. The van der Waals surface area contributed by atoms with Crippen LogP contribution in [0.2, 0.25) is 0 Å². The lowest BCUT2D eigenvalue weighted by molar-refractivity contribution is -0.687. The molecular weight excluding hydrogens is 256 g/mol. The van der Waals surface area contributed by atoms with Crippen molar-refractivity contribution in [2.45, 2.75) is 27.3 Å². The predicted molar refractivity (Wildman–Crippen MR) is 85.7 cm³/mol. The average molecular weight is 277 g/mol. The van der Waals surface area contributed by atoms with Crippen LogP contribution in [-0.4, -0.2) is 4.57 Å². The van der Waals surface area contributed by atoms with Gasteiger partial charge in [0.25, 0.3) is 0 Å². The van der Waals surface area contributed by atoms with Crippen molar-refractivity contribution in [3.63, 3.8) is 0 Å². The Hall–Kier alpha value is -2.35. The zero-order valence-electron chi connectivity index (χ0n) is 12.9. The van der Waals surface area contributed by atoms with Crippen molar-refractivity contribution in [2.24, 2.45) is 0 Å². The largest absolute Gasteiger partial charge is 0.249 e. The summed E-state index contributed by atoms with van der Waals surface area (Å²) in [5.41, 5.74) is 6.67. The molecule has 0 N–H and O–H groups in total. The van der Waals surface area contributed by atoms with Crippen LogP contribution >= 0.6 is 0 Å². The Bertz CT molecular complexity index is 731. The number of hydrogen-bond acceptors (Lipinski definition) is 0. The van der Waals surface area contributed by atoms with Crippen LogP contribution in [0.1, 0.15) is 22.3 Å². The molecule has 0 aliphatic carbocycles. The van der Waals surface area contributed by atoms with Gasteiger partial charge in [-0.3, -0.25) is 0 Å². The standard InChI is InChI=1S/C19H21N2/c1-15-11-16(2)19(17(3)12-15)13-20-9-10-21(14-20)18-7-5-4-6-8-18/h4-12,14H,13H2,1-3H3/q+1. The van der Waals surface area contributed by atoms with Crippen LogP contribution in [0.4, 0.5) is 0 Å². The third-order valence-electron chi connectivity index (χ3n) is 3.93. The van der Waals surface area contributed by atoms with E-state index in [2.05, 4.69) is 85.0 Å². The van der Waals surface area contributed by atoms with Crippen molar-refractivity contribution in [3.05, 3.63) is 83.4 Å². The molecule has 2 heteroatoms. The summed E-state index contributed by atoms with van der Waals surface area (Å²) in [7, 11) is 0. The molecule has 0 aliphatic heterocycles. The molecule has 21 heavy (non-hydrogen) atoms. The van der Waals surface area contributed by atoms with Crippen LogP contribution in [0.5, 0.6) is 0 Å². The second kappa shape index (κ2) is 5.57. The van der Waals surface area contributed by atoms with Gasteiger partial charge in [0.2, 0.25) is 6.33 Å². The molecule has 0 aliphatic rings. The second-order valence-corrected chi connectivity index (χ2v) is 5.71. The Kier molecular flexibility index (Phi) is 3.61. The summed E-state index contributed by atoms with van der Waals surface area (Å²) >= 11 is 0. The second-order valence-electron chi connectivity index (χ2n) is 5.71. The molecule has 0 saturated carbocycles. The van der Waals surface area contributed by atoms with E-state index < -0.39 is 0 Å². The molecule has 106 valence electrons. The van der Waals surface area contributed by atoms with Gasteiger partial charge in [-0.25, -0.2) is 9.13 Å². The topological polar surface area (TPSA) is 8.81 Å². The van der Waals surface area contributed by atoms with Gasteiger partial charge in [-0.2, -0.15) is 0 Å². The molecule has 2 nitrogen and oxygen atoms in total. The predicted octanol–water partition coefficient (Wildman–Crippen LogP) is 3.74. The molecule has 0 bridgehead atoms. The minimum Gasteiger partial charge on any atom is -0.232 e. The van der Waals surface area contributed by atoms with E-state index in [-0.39, 0.29) is 0 Å². The maximum atomic E-state index is 2.26. The van der Waals surface area contributed by atoms with E-state index >= 15 is 0 Å². The summed E-state index contributed by atoms with van der Waals surface area (Å²) in [6.07, 6.45) is 6.38. The van der Waals surface area contributed by atoms with E-state index in [9.17, 15) is 0 Å². The molecule has 3 rings (SSSR count). The first-order chi connectivity index (χ1) is 10.1. The third kappa shape index (κ3) is 2.89. The van der Waals surface area contributed by atoms with Crippen LogP contribution < -0.4 is 4.57 Å². The Balaban J connectivity index is 1.89. The van der Waals surface area contributed by atoms with Crippen molar-refractivity contribution in [3.8, 4) is 5.69 Å². The van der Waals surface area contributed by atoms with E-state index in [1.54, 1.807) is 0 Å². The first-order valence-corrected chi connectivity index (χ1v) is 7.32. The Labute approximate surface area is 126 Å². The molecule has 0 spiro atoms. The minimum absolute atomic E-state index is 0.914. The summed E-state index contributed by atoms with van der Waals surface area (Å²) in [5.74, 6) is 0. The molecule has 0 fully saturated rings. The smallest absolute Gasteiger partial charge is 0.232 e. The molecule has 0 amide bonds. The third-order valence-corrected chi connectivity index (χ3v) is 3.93. The van der Waals surface area contributed by atoms with Gasteiger partial charge in [-0.05, 0) is 49.6 Å². The highest BCUT2D eigenvalue weighted by Gasteiger charge is 2.10. The van der Waals surface area contributed by atoms with Crippen LogP contribution in [0.25, 0.3) is 5.69 Å². The lowest BCUT2D eigenvalue weighted by Crippen LogP contribution is -2.32. The minimum atomic E-state index is 0.914. The maximum absolute atomic E-state index is 2.26. The number of benzene rings is 2. The van der Waals surface area contributed by atoms with Crippen LogP contribution in [0.3, 0.4) is 0 Å². The van der Waals surface area contributed by atoms with Crippen LogP contribution in [0.15, 0.2) is 61.2 Å². The summed E-state index contributed by atoms with van der Waals surface area (Å²) in [4.78, 5) is 0. The molecule has 1 aromatic heterocycles. The van der Waals surface area contributed by atoms with Crippen LogP contribution in [-0.2, 0) is 6.54 Å². The van der Waals surface area contributed by atoms with Gasteiger partial charge in [0, 0.05) is 0 Å². The quantitative estimate of drug-likeness (QED) is 0.645. The maximum Gasteiger partial charge on any atom is 0.249 e. The summed E-state index contributed by atoms with van der Waals surface area (Å²) in [6.45, 7) is 7.47. The number of para-hydroxylation sites is 1. The first kappa shape index (κ1) is 13.6. The Morgan fingerprint density at radius 3 is 2.29 bits per heavy atom. The fourth-order valence-corrected chi connectivity index (χ4v) is 2.88. The van der Waals surface area contributed by atoms with Gasteiger partial charge in [0.1, 0.15) is 24.6 Å². The number of imidazole rings is 1. The van der Waals surface area contributed by atoms with E-state index in [0.717, 1.165) is 6.54 Å². The van der Waals surface area contributed by atoms with E-state index in [1.165, 1.54) is 27.9 Å².